The van der Waals surface area contributed by atoms with Gasteiger partial charge in [0.1, 0.15) is 11.5 Å². The summed E-state index contributed by atoms with van der Waals surface area (Å²) in [5.74, 6) is -3.24. The molecule has 2 aromatic heterocycles. The molecule has 0 saturated heterocycles. The van der Waals surface area contributed by atoms with Crippen LogP contribution in [0.15, 0.2) is 12.4 Å². The molecular weight excluding hydrogens is 646 g/mol. The Hall–Kier alpha value is -1.76. The van der Waals surface area contributed by atoms with Gasteiger partial charge < -0.3 is 42.9 Å². The van der Waals surface area contributed by atoms with Gasteiger partial charge in [-0.05, 0) is 13.8 Å². The minimum absolute atomic E-state index is 0. The second-order valence-corrected chi connectivity index (χ2v) is 11.6. The van der Waals surface area contributed by atoms with Gasteiger partial charge in [0, 0.05) is 60.8 Å². The zero-order chi connectivity index (χ0) is 31.8. The van der Waals surface area contributed by atoms with E-state index in [1.807, 2.05) is 0 Å². The quantitative estimate of drug-likeness (QED) is 0.0808. The van der Waals surface area contributed by atoms with Crippen molar-refractivity contribution in [2.75, 3.05) is 26.2 Å². The van der Waals surface area contributed by atoms with Gasteiger partial charge in [-0.2, -0.15) is 0 Å². The molecule has 0 radical (unpaired) electrons. The third-order valence-corrected chi connectivity index (χ3v) is 6.78. The number of nitrogens with zero attached hydrogens (tertiary/aromatic N) is 4. The van der Waals surface area contributed by atoms with Crippen molar-refractivity contribution in [3.63, 3.8) is 0 Å². The van der Waals surface area contributed by atoms with E-state index in [0.717, 1.165) is 0 Å². The fourth-order valence-corrected chi connectivity index (χ4v) is 4.43. The molecule has 2 rings (SSSR count). The van der Waals surface area contributed by atoms with E-state index in [2.05, 4.69) is 19.0 Å². The summed E-state index contributed by atoms with van der Waals surface area (Å²) >= 11 is 0. The third-order valence-electron chi connectivity index (χ3n) is 5.85. The Labute approximate surface area is 278 Å². The van der Waals surface area contributed by atoms with Crippen LogP contribution in [0, 0.1) is 13.8 Å². The molecule has 0 aromatic carbocycles. The minimum atomic E-state index is -4.89. The van der Waals surface area contributed by atoms with Crippen molar-refractivity contribution in [3.05, 3.63) is 46.0 Å². The van der Waals surface area contributed by atoms with Crippen molar-refractivity contribution in [1.82, 2.24) is 19.8 Å². The van der Waals surface area contributed by atoms with E-state index < -0.39 is 53.9 Å². The summed E-state index contributed by atoms with van der Waals surface area (Å²) in [6.07, 6.45) is 2.43. The summed E-state index contributed by atoms with van der Waals surface area (Å²) in [7, 11) is -9.78. The fourth-order valence-electron chi connectivity index (χ4n) is 3.82. The maximum atomic E-state index is 11.6. The van der Waals surface area contributed by atoms with Gasteiger partial charge in [0.2, 0.25) is 0 Å². The van der Waals surface area contributed by atoms with Crippen LogP contribution >= 0.6 is 15.6 Å². The molecular formula is C22H34CaN4O14P2. The first-order valence-corrected chi connectivity index (χ1v) is 15.0. The Bertz CT molecular complexity index is 1290. The SMILES string of the molecule is Cc1ncc(COP(=O)(O)O)c(CN(CCN(CC(=O)O)Cc2c(COP(=O)(O)O)cnc(C)c2O)CC(=O)O)c1O.[Ca+2].[H-].[H-]. The van der Waals surface area contributed by atoms with E-state index in [1.165, 1.54) is 36.0 Å². The predicted octanol–water partition coefficient (Wildman–Crippen LogP) is 0.0408. The number of carboxylic acid groups (broad SMARTS) is 2. The van der Waals surface area contributed by atoms with Crippen LogP contribution in [-0.2, 0) is 54.1 Å². The molecule has 43 heavy (non-hydrogen) atoms. The first-order valence-electron chi connectivity index (χ1n) is 12.0. The molecule has 2 heterocycles. The van der Waals surface area contributed by atoms with Gasteiger partial charge in [-0.3, -0.25) is 38.4 Å². The summed E-state index contributed by atoms with van der Waals surface area (Å²) in [4.78, 5) is 70.0. The van der Waals surface area contributed by atoms with Crippen LogP contribution in [0.25, 0.3) is 0 Å². The number of carbonyl (C=O) groups is 2. The zero-order valence-electron chi connectivity index (χ0n) is 25.2. The van der Waals surface area contributed by atoms with Crippen molar-refractivity contribution < 1.29 is 70.6 Å². The van der Waals surface area contributed by atoms with Crippen molar-refractivity contribution >= 4 is 65.3 Å². The van der Waals surface area contributed by atoms with Crippen LogP contribution in [0.3, 0.4) is 0 Å². The molecule has 0 bridgehead atoms. The van der Waals surface area contributed by atoms with Crippen LogP contribution in [0.4, 0.5) is 0 Å². The minimum Gasteiger partial charge on any atom is -1.00 e. The smallest absolute Gasteiger partial charge is 1.00 e. The number of hydrogen-bond donors (Lipinski definition) is 8. The van der Waals surface area contributed by atoms with Gasteiger partial charge in [-0.15, -0.1) is 0 Å². The number of carboxylic acids is 2. The molecule has 2 aromatic rings. The number of aliphatic carboxylic acids is 2. The zero-order valence-corrected chi connectivity index (χ0v) is 27.2. The molecule has 238 valence electrons. The first kappa shape index (κ1) is 39.3. The third kappa shape index (κ3) is 13.8. The number of phosphoric ester groups is 2. The largest absolute Gasteiger partial charge is 2.00 e. The summed E-state index contributed by atoms with van der Waals surface area (Å²) in [5, 5.41) is 40.1. The van der Waals surface area contributed by atoms with E-state index in [-0.39, 0.29) is 112 Å². The standard InChI is InChI=1S/C22H32N4O14P2.Ca.2H/c1-13-21(31)17(15(5-23-13)11-39-41(33,34)35)7-25(9-19(27)28)3-4-26(10-20(29)30)8-18-16(12-40-42(36,37)38)6-24-14(2)22(18)32;;;/h5-6,31-32H,3-4,7-12H2,1-2H3,(H,27,28)(H,29,30)(H2,33,34,35)(H2,36,37,38);;;/q;+2;2*-1. The topological polar surface area (TPSA) is 281 Å². The molecule has 0 fully saturated rings. The second kappa shape index (κ2) is 17.1. The first-order chi connectivity index (χ1) is 19.4. The molecule has 8 N–H and O–H groups in total. The molecule has 0 aliphatic carbocycles. The van der Waals surface area contributed by atoms with Gasteiger partial charge in [0.25, 0.3) is 0 Å². The Morgan fingerprint density at radius 2 is 1.09 bits per heavy atom. The molecule has 0 saturated carbocycles. The second-order valence-electron chi connectivity index (χ2n) is 9.13. The summed E-state index contributed by atoms with van der Waals surface area (Å²) in [6.45, 7) is -0.287. The molecule has 0 aliphatic heterocycles. The van der Waals surface area contributed by atoms with Crippen LogP contribution < -0.4 is 0 Å². The monoisotopic (exact) mass is 680 g/mol. The average molecular weight is 681 g/mol. The molecule has 0 atom stereocenters. The van der Waals surface area contributed by atoms with Crippen molar-refractivity contribution in [2.24, 2.45) is 0 Å². The fraction of sp³-hybridized carbons (Fsp3) is 0.455. The maximum absolute atomic E-state index is 11.6. The molecule has 0 amide bonds. The number of phosphoric acid groups is 2. The number of pyridine rings is 2. The van der Waals surface area contributed by atoms with E-state index in [4.69, 9.17) is 19.6 Å². The van der Waals surface area contributed by atoms with Gasteiger partial charge in [-0.25, -0.2) is 9.13 Å². The van der Waals surface area contributed by atoms with E-state index in [9.17, 15) is 39.1 Å². The van der Waals surface area contributed by atoms with Gasteiger partial charge in [0.05, 0.1) is 37.7 Å². The van der Waals surface area contributed by atoms with E-state index in [1.54, 1.807) is 0 Å². The number of hydrogen-bond acceptors (Lipinski definition) is 12. The number of aromatic hydroxyl groups is 2. The predicted molar refractivity (Wildman–Crippen MR) is 149 cm³/mol. The number of rotatable bonds is 17. The van der Waals surface area contributed by atoms with Gasteiger partial charge in [0.15, 0.2) is 0 Å². The van der Waals surface area contributed by atoms with E-state index >= 15 is 0 Å². The molecule has 0 spiro atoms. The van der Waals surface area contributed by atoms with Crippen LogP contribution in [-0.4, -0.2) is 136 Å². The average Bonchev–Trinajstić information content (AvgIpc) is 2.85. The van der Waals surface area contributed by atoms with E-state index in [0.29, 0.717) is 0 Å². The van der Waals surface area contributed by atoms with Crippen molar-refractivity contribution in [2.45, 2.75) is 40.2 Å². The van der Waals surface area contributed by atoms with Crippen LogP contribution in [0.1, 0.15) is 36.5 Å². The summed E-state index contributed by atoms with van der Waals surface area (Å²) in [6, 6.07) is 0. The number of aryl methyl sites for hydroxylation is 2. The molecule has 0 aliphatic rings. The Morgan fingerprint density at radius 3 is 1.37 bits per heavy atom. The Morgan fingerprint density at radius 1 is 0.767 bits per heavy atom. The number of aromatic nitrogens is 2. The van der Waals surface area contributed by atoms with Crippen molar-refractivity contribution in [1.29, 1.82) is 0 Å². The van der Waals surface area contributed by atoms with Gasteiger partial charge in [-0.1, -0.05) is 0 Å². The van der Waals surface area contributed by atoms with Crippen LogP contribution in [0.2, 0.25) is 0 Å². The van der Waals surface area contributed by atoms with Crippen LogP contribution in [0.5, 0.6) is 11.5 Å². The summed E-state index contributed by atoms with van der Waals surface area (Å²) in [5.41, 5.74) is 0.627. The normalized spacial score (nSPS) is 12.0. The molecule has 18 nitrogen and oxygen atoms in total. The maximum Gasteiger partial charge on any atom is 2.00 e. The Kier molecular flexibility index (Phi) is 15.6. The summed E-state index contributed by atoms with van der Waals surface area (Å²) < 4.78 is 31.4. The van der Waals surface area contributed by atoms with Gasteiger partial charge >= 0.3 is 65.3 Å². The Balaban J connectivity index is 0. The van der Waals surface area contributed by atoms with Crippen molar-refractivity contribution in [3.8, 4) is 11.5 Å². The molecule has 21 heteroatoms. The molecule has 0 unspecified atom stereocenters.